The van der Waals surface area contributed by atoms with E-state index < -0.39 is 52.4 Å². The molecular weight excluding hydrogens is 456 g/mol. The van der Waals surface area contributed by atoms with Crippen LogP contribution in [0, 0.1) is 22.0 Å². The zero-order valence-electron chi connectivity index (χ0n) is 18.3. The van der Waals surface area contributed by atoms with Crippen LogP contribution >= 0.6 is 0 Å². The van der Waals surface area contributed by atoms with Crippen LogP contribution in [0.3, 0.4) is 0 Å². The Kier molecular flexibility index (Phi) is 5.24. The predicted octanol–water partition coefficient (Wildman–Crippen LogP) is 2.12. The van der Waals surface area contributed by atoms with E-state index in [0.717, 1.165) is 4.90 Å². The number of allylic oxidation sites excluding steroid dienone is 1. The molecule has 2 saturated heterocycles. The van der Waals surface area contributed by atoms with Gasteiger partial charge in [0.1, 0.15) is 11.8 Å². The first-order chi connectivity index (χ1) is 16.8. The molecule has 2 aromatic carbocycles. The van der Waals surface area contributed by atoms with Gasteiger partial charge in [0.15, 0.2) is 5.78 Å². The third kappa shape index (κ3) is 3.57. The summed E-state index contributed by atoms with van der Waals surface area (Å²) in [4.78, 5) is 63.1. The number of rotatable bonds is 5. The summed E-state index contributed by atoms with van der Waals surface area (Å²) in [7, 11) is 0. The number of anilines is 1. The lowest BCUT2D eigenvalue weighted by Crippen LogP contribution is -2.46. The topological polar surface area (TPSA) is 139 Å². The molecule has 2 aromatic rings. The largest absolute Gasteiger partial charge is 0.427 e. The number of esters is 1. The number of hydrogen-bond donors (Lipinski definition) is 0. The maximum atomic E-state index is 13.6. The molecule has 2 amide bonds. The van der Waals surface area contributed by atoms with E-state index in [0.29, 0.717) is 0 Å². The highest BCUT2D eigenvalue weighted by atomic mass is 16.6. The van der Waals surface area contributed by atoms with Gasteiger partial charge in [0.25, 0.3) is 5.69 Å². The first-order valence-electron chi connectivity index (χ1n) is 10.7. The number of ketones is 1. The molecule has 35 heavy (non-hydrogen) atoms. The second-order valence-corrected chi connectivity index (χ2v) is 8.28. The fraction of sp³-hybridized carbons (Fsp3) is 0.208. The summed E-state index contributed by atoms with van der Waals surface area (Å²) in [5.41, 5.74) is 0.296. The summed E-state index contributed by atoms with van der Waals surface area (Å²) in [6, 6.07) is 9.40. The lowest BCUT2D eigenvalue weighted by molar-refractivity contribution is -0.384. The number of hydrogen-bond acceptors (Lipinski definition) is 9. The number of nitro benzene ring substituents is 1. The molecule has 11 heteroatoms. The van der Waals surface area contributed by atoms with Gasteiger partial charge >= 0.3 is 5.97 Å². The second kappa shape index (κ2) is 8.28. The molecule has 0 N–H and O–H groups in total. The molecule has 0 aromatic heterocycles. The molecule has 0 radical (unpaired) electrons. The van der Waals surface area contributed by atoms with E-state index >= 15 is 0 Å². The molecule has 2 fully saturated rings. The average molecular weight is 474 g/mol. The minimum Gasteiger partial charge on any atom is -0.427 e. The summed E-state index contributed by atoms with van der Waals surface area (Å²) in [6.45, 7) is 1.26. The lowest BCUT2D eigenvalue weighted by atomic mass is 9.86. The number of amides is 2. The van der Waals surface area contributed by atoms with Crippen molar-refractivity contribution in [3.63, 3.8) is 0 Å². The van der Waals surface area contributed by atoms with E-state index in [1.54, 1.807) is 12.2 Å². The van der Waals surface area contributed by atoms with Crippen LogP contribution in [-0.4, -0.2) is 51.8 Å². The van der Waals surface area contributed by atoms with Gasteiger partial charge in [0.05, 0.1) is 28.5 Å². The molecule has 11 nitrogen and oxygen atoms in total. The van der Waals surface area contributed by atoms with E-state index in [9.17, 15) is 29.3 Å². The Labute approximate surface area is 198 Å². The summed E-state index contributed by atoms with van der Waals surface area (Å²) >= 11 is 0. The first kappa shape index (κ1) is 22.1. The summed E-state index contributed by atoms with van der Waals surface area (Å²) < 4.78 is 5.01. The van der Waals surface area contributed by atoms with Crippen molar-refractivity contribution in [2.24, 2.45) is 16.9 Å². The summed E-state index contributed by atoms with van der Waals surface area (Å²) in [6.07, 6.45) is 4.88. The average Bonchev–Trinajstić information content (AvgIpc) is 3.31. The minimum atomic E-state index is -1.04. The number of carbonyl (C=O) groups excluding carboxylic acids is 4. The van der Waals surface area contributed by atoms with E-state index in [2.05, 4.69) is 5.10 Å². The van der Waals surface area contributed by atoms with Gasteiger partial charge in [-0.2, -0.15) is 5.10 Å². The van der Waals surface area contributed by atoms with Gasteiger partial charge in [-0.1, -0.05) is 6.08 Å². The van der Waals surface area contributed by atoms with Crippen LogP contribution in [-0.2, 0) is 14.4 Å². The van der Waals surface area contributed by atoms with Crippen molar-refractivity contribution in [1.29, 1.82) is 0 Å². The van der Waals surface area contributed by atoms with Crippen LogP contribution in [0.2, 0.25) is 0 Å². The smallest absolute Gasteiger partial charge is 0.308 e. The van der Waals surface area contributed by atoms with Crippen LogP contribution in [0.1, 0.15) is 17.3 Å². The fourth-order valence-corrected chi connectivity index (χ4v) is 4.84. The monoisotopic (exact) mass is 474 g/mol. The van der Waals surface area contributed by atoms with Gasteiger partial charge in [0, 0.05) is 30.8 Å². The Morgan fingerprint density at radius 2 is 1.66 bits per heavy atom. The molecule has 0 spiro atoms. The van der Waals surface area contributed by atoms with Crippen LogP contribution in [0.5, 0.6) is 5.75 Å². The van der Waals surface area contributed by atoms with Crippen molar-refractivity contribution in [2.75, 3.05) is 4.90 Å². The van der Waals surface area contributed by atoms with Crippen LogP contribution in [0.4, 0.5) is 11.4 Å². The molecule has 176 valence electrons. The molecule has 0 bridgehead atoms. The molecule has 0 aliphatic carbocycles. The number of ether oxygens (including phenoxy) is 1. The van der Waals surface area contributed by atoms with Crippen LogP contribution < -0.4 is 9.64 Å². The molecule has 0 unspecified atom stereocenters. The van der Waals surface area contributed by atoms with E-state index in [1.807, 2.05) is 0 Å². The van der Waals surface area contributed by atoms with Gasteiger partial charge in [-0.25, -0.2) is 4.90 Å². The number of Topliss-reactive ketones (excluding diaryl/α,β-unsaturated/α-hetero) is 1. The zero-order valence-corrected chi connectivity index (χ0v) is 18.3. The van der Waals surface area contributed by atoms with Crippen molar-refractivity contribution < 1.29 is 28.8 Å². The van der Waals surface area contributed by atoms with E-state index in [4.69, 9.17) is 4.74 Å². The molecule has 5 rings (SSSR count). The maximum absolute atomic E-state index is 13.6. The molecule has 3 aliphatic heterocycles. The normalized spacial score (nSPS) is 24.4. The number of carbonyl (C=O) groups is 4. The number of benzene rings is 2. The number of hydrazone groups is 1. The molecule has 3 heterocycles. The number of imide groups is 1. The Hall–Kier alpha value is -4.67. The molecule has 4 atom stereocenters. The predicted molar refractivity (Wildman–Crippen MR) is 122 cm³/mol. The van der Waals surface area contributed by atoms with Crippen LogP contribution in [0.25, 0.3) is 0 Å². The van der Waals surface area contributed by atoms with Gasteiger partial charge in [0.2, 0.25) is 11.8 Å². The highest BCUT2D eigenvalue weighted by molar-refractivity contribution is 6.24. The first-order valence-corrected chi connectivity index (χ1v) is 10.7. The maximum Gasteiger partial charge on any atom is 0.308 e. The summed E-state index contributed by atoms with van der Waals surface area (Å²) in [5.74, 6) is -3.54. The standard InChI is InChI=1S/C24H18N4O7/c1-13(29)35-17-10-4-14(5-11-17)22(30)21-20-19(18-3-2-12-25-27(18)21)23(31)26(24(20)32)15-6-8-16(9-7-15)28(33)34/h2-12,18-21H,1H3/t18-,19-,20-,21-/m1/s1. The highest BCUT2D eigenvalue weighted by Crippen LogP contribution is 2.46. The summed E-state index contributed by atoms with van der Waals surface area (Å²) in [5, 5.41) is 16.8. The molecule has 0 saturated carbocycles. The zero-order chi connectivity index (χ0) is 24.9. The molecule has 3 aliphatic rings. The van der Waals surface area contributed by atoms with Gasteiger partial charge < -0.3 is 4.74 Å². The third-order valence-electron chi connectivity index (χ3n) is 6.28. The SMILES string of the molecule is CC(=O)Oc1ccc(C(=O)[C@H]2[C@@H]3C(=O)N(c4ccc([N+](=O)[O-])cc4)C(=O)[C@@H]3[C@H]3C=CC=NN32)cc1. The van der Waals surface area contributed by atoms with Gasteiger partial charge in [-0.3, -0.25) is 34.3 Å². The van der Waals surface area contributed by atoms with Crippen molar-refractivity contribution in [3.05, 3.63) is 76.4 Å². The Balaban J connectivity index is 1.50. The second-order valence-electron chi connectivity index (χ2n) is 8.28. The minimum absolute atomic E-state index is 0.172. The Morgan fingerprint density at radius 3 is 2.29 bits per heavy atom. The number of nitrogens with zero attached hydrogens (tertiary/aromatic N) is 4. The number of fused-ring (bicyclic) bond motifs is 3. The van der Waals surface area contributed by atoms with E-state index in [1.165, 1.54) is 66.7 Å². The van der Waals surface area contributed by atoms with E-state index in [-0.39, 0.29) is 22.7 Å². The van der Waals surface area contributed by atoms with Crippen molar-refractivity contribution in [3.8, 4) is 5.75 Å². The van der Waals surface area contributed by atoms with Crippen molar-refractivity contribution in [1.82, 2.24) is 5.01 Å². The molecular formula is C24H18N4O7. The van der Waals surface area contributed by atoms with Crippen molar-refractivity contribution in [2.45, 2.75) is 19.0 Å². The Morgan fingerprint density at radius 1 is 1.00 bits per heavy atom. The third-order valence-corrected chi connectivity index (χ3v) is 6.28. The van der Waals surface area contributed by atoms with Crippen LogP contribution in [0.15, 0.2) is 65.8 Å². The van der Waals surface area contributed by atoms with Crippen molar-refractivity contribution >= 4 is 41.2 Å². The highest BCUT2D eigenvalue weighted by Gasteiger charge is 2.64. The number of nitro groups is 1. The Bertz CT molecular complexity index is 1320. The van der Waals surface area contributed by atoms with Gasteiger partial charge in [-0.15, -0.1) is 0 Å². The quantitative estimate of drug-likeness (QED) is 0.160. The number of non-ortho nitro benzene ring substituents is 1. The lowest BCUT2D eigenvalue weighted by Gasteiger charge is -2.30. The fourth-order valence-electron chi connectivity index (χ4n) is 4.84. The van der Waals surface area contributed by atoms with Gasteiger partial charge in [-0.05, 0) is 42.5 Å².